The maximum Gasteiger partial charge on any atom is 0.222 e. The van der Waals surface area contributed by atoms with Crippen molar-refractivity contribution >= 4 is 22.9 Å². The van der Waals surface area contributed by atoms with Crippen molar-refractivity contribution in [3.8, 4) is 0 Å². The van der Waals surface area contributed by atoms with Crippen LogP contribution in [0.3, 0.4) is 0 Å². The second kappa shape index (κ2) is 15.4. The minimum atomic E-state index is 0.342. The third-order valence-electron chi connectivity index (χ3n) is 8.35. The van der Waals surface area contributed by atoms with Gasteiger partial charge in [0.1, 0.15) is 17.2 Å². The third kappa shape index (κ3) is 8.17. The van der Waals surface area contributed by atoms with E-state index in [1.807, 2.05) is 4.90 Å². The van der Waals surface area contributed by atoms with Crippen LogP contribution in [0, 0.1) is 0 Å². The van der Waals surface area contributed by atoms with Gasteiger partial charge in [-0.15, -0.1) is 0 Å². The number of fused-ring (bicyclic) bond motifs is 1. The average molecular weight is 525 g/mol. The summed E-state index contributed by atoms with van der Waals surface area (Å²) < 4.78 is 2.44. The normalized spacial score (nSPS) is 16.7. The molecule has 212 valence electrons. The van der Waals surface area contributed by atoms with Gasteiger partial charge in [0.2, 0.25) is 5.91 Å². The van der Waals surface area contributed by atoms with Crippen molar-refractivity contribution in [1.29, 1.82) is 0 Å². The zero-order valence-corrected chi connectivity index (χ0v) is 24.3. The van der Waals surface area contributed by atoms with E-state index in [9.17, 15) is 4.79 Å². The van der Waals surface area contributed by atoms with E-state index in [4.69, 9.17) is 9.97 Å². The molecule has 0 spiro atoms. The van der Waals surface area contributed by atoms with Crippen LogP contribution in [0.25, 0.3) is 11.2 Å². The molecule has 2 saturated heterocycles. The van der Waals surface area contributed by atoms with Crippen molar-refractivity contribution < 1.29 is 4.79 Å². The molecule has 2 aromatic rings. The summed E-state index contributed by atoms with van der Waals surface area (Å²) >= 11 is 0. The molecular weight excluding hydrogens is 472 g/mol. The first-order valence-corrected chi connectivity index (χ1v) is 15.8. The summed E-state index contributed by atoms with van der Waals surface area (Å²) in [4.78, 5) is 29.4. The molecule has 0 saturated carbocycles. The smallest absolute Gasteiger partial charge is 0.222 e. The number of carbonyl (C=O) groups is 1. The predicted octanol–water partition coefficient (Wildman–Crippen LogP) is 6.05. The lowest BCUT2D eigenvalue weighted by Gasteiger charge is -2.26. The van der Waals surface area contributed by atoms with E-state index < -0.39 is 0 Å². The van der Waals surface area contributed by atoms with Gasteiger partial charge in [0.15, 0.2) is 5.65 Å². The lowest BCUT2D eigenvalue weighted by atomic mass is 10.1. The number of piperidine rings is 1. The van der Waals surface area contributed by atoms with Gasteiger partial charge in [0, 0.05) is 45.6 Å². The molecule has 2 aliphatic rings. The molecule has 2 aromatic heterocycles. The fourth-order valence-electron chi connectivity index (χ4n) is 6.02. The quantitative estimate of drug-likeness (QED) is 0.236. The summed E-state index contributed by atoms with van der Waals surface area (Å²) in [6, 6.07) is 4.39. The Kier molecular flexibility index (Phi) is 11.7. The molecule has 7 nitrogen and oxygen atoms in total. The molecule has 38 heavy (non-hydrogen) atoms. The molecule has 0 radical (unpaired) electrons. The number of likely N-dealkylation sites (tertiary alicyclic amines) is 2. The van der Waals surface area contributed by atoms with Gasteiger partial charge in [-0.1, -0.05) is 39.5 Å². The van der Waals surface area contributed by atoms with Gasteiger partial charge in [0.25, 0.3) is 0 Å². The van der Waals surface area contributed by atoms with Crippen LogP contribution in [0.1, 0.15) is 103 Å². The van der Waals surface area contributed by atoms with Gasteiger partial charge in [-0.05, 0) is 83.1 Å². The molecule has 0 aromatic carbocycles. The molecule has 2 aliphatic heterocycles. The van der Waals surface area contributed by atoms with Gasteiger partial charge in [-0.25, -0.2) is 9.97 Å². The van der Waals surface area contributed by atoms with E-state index in [1.54, 1.807) is 0 Å². The number of carbonyl (C=O) groups excluding carboxylic acids is 1. The van der Waals surface area contributed by atoms with E-state index in [0.29, 0.717) is 5.91 Å². The van der Waals surface area contributed by atoms with Crippen LogP contribution in [-0.2, 0) is 17.8 Å². The first-order valence-electron chi connectivity index (χ1n) is 15.8. The molecule has 2 fully saturated rings. The SMILES string of the molecule is CCCCN(CCCC)c1ccc2nc(CCCCCN3CCCC3=O)n(CCCN3CCCCC3)c2n1. The average Bonchev–Trinajstić information content (AvgIpc) is 3.51. The van der Waals surface area contributed by atoms with Crippen molar-refractivity contribution in [3.63, 3.8) is 0 Å². The number of anilines is 1. The molecule has 0 aliphatic carbocycles. The Labute approximate surface area is 231 Å². The molecule has 0 bridgehead atoms. The molecule has 0 unspecified atom stereocenters. The zero-order chi connectivity index (χ0) is 26.6. The van der Waals surface area contributed by atoms with E-state index in [-0.39, 0.29) is 0 Å². The van der Waals surface area contributed by atoms with Crippen molar-refractivity contribution in [3.05, 3.63) is 18.0 Å². The minimum Gasteiger partial charge on any atom is -0.357 e. The van der Waals surface area contributed by atoms with Crippen LogP contribution in [-0.4, -0.2) is 76.1 Å². The van der Waals surface area contributed by atoms with Crippen LogP contribution < -0.4 is 4.90 Å². The highest BCUT2D eigenvalue weighted by atomic mass is 16.2. The standard InChI is InChI=1S/C31H52N6O/c1-3-5-22-35(23-6-4-2)28-18-17-27-31(33-28)37(26-14-21-34-19-10-8-11-20-34)29(32-27)15-9-7-12-24-36-25-13-16-30(36)38/h17-18H,3-16,19-26H2,1-2H3. The number of pyridine rings is 1. The van der Waals surface area contributed by atoms with E-state index in [2.05, 4.69) is 40.3 Å². The number of nitrogens with zero attached hydrogens (tertiary/aromatic N) is 6. The molecule has 0 atom stereocenters. The largest absolute Gasteiger partial charge is 0.357 e. The number of hydrogen-bond donors (Lipinski definition) is 0. The molecular formula is C31H52N6O. The van der Waals surface area contributed by atoms with Gasteiger partial charge in [-0.3, -0.25) is 4.79 Å². The second-order valence-corrected chi connectivity index (χ2v) is 11.4. The van der Waals surface area contributed by atoms with E-state index in [1.165, 1.54) is 70.4 Å². The minimum absolute atomic E-state index is 0.342. The van der Waals surface area contributed by atoms with Crippen molar-refractivity contribution in [2.75, 3.05) is 50.7 Å². The van der Waals surface area contributed by atoms with Crippen molar-refractivity contribution in [1.82, 2.24) is 24.3 Å². The monoisotopic (exact) mass is 524 g/mol. The molecule has 4 rings (SSSR count). The van der Waals surface area contributed by atoms with Gasteiger partial charge >= 0.3 is 0 Å². The van der Waals surface area contributed by atoms with Crippen molar-refractivity contribution in [2.24, 2.45) is 0 Å². The number of hydrogen-bond acceptors (Lipinski definition) is 5. The molecule has 1 amide bonds. The van der Waals surface area contributed by atoms with Gasteiger partial charge in [0.05, 0.1) is 0 Å². The van der Waals surface area contributed by atoms with Crippen molar-refractivity contribution in [2.45, 2.75) is 110 Å². The highest BCUT2D eigenvalue weighted by Crippen LogP contribution is 2.23. The number of imidazole rings is 1. The summed E-state index contributed by atoms with van der Waals surface area (Å²) in [5, 5.41) is 0. The highest BCUT2D eigenvalue weighted by Gasteiger charge is 2.19. The van der Waals surface area contributed by atoms with Crippen LogP contribution in [0.2, 0.25) is 0 Å². The third-order valence-corrected chi connectivity index (χ3v) is 8.35. The van der Waals surface area contributed by atoms with Crippen LogP contribution in [0.4, 0.5) is 5.82 Å². The Hall–Kier alpha value is -2.15. The van der Waals surface area contributed by atoms with Crippen LogP contribution >= 0.6 is 0 Å². The Morgan fingerprint density at radius 2 is 1.58 bits per heavy atom. The Morgan fingerprint density at radius 1 is 0.789 bits per heavy atom. The summed E-state index contributed by atoms with van der Waals surface area (Å²) in [6.07, 6.45) is 16.1. The molecule has 7 heteroatoms. The Morgan fingerprint density at radius 3 is 2.29 bits per heavy atom. The summed E-state index contributed by atoms with van der Waals surface area (Å²) in [5.74, 6) is 2.64. The fourth-order valence-corrected chi connectivity index (χ4v) is 6.02. The lowest BCUT2D eigenvalue weighted by molar-refractivity contribution is -0.127. The summed E-state index contributed by atoms with van der Waals surface area (Å²) in [7, 11) is 0. The Balaban J connectivity index is 1.44. The fraction of sp³-hybridized carbons (Fsp3) is 0.774. The maximum atomic E-state index is 11.9. The first kappa shape index (κ1) is 28.8. The summed E-state index contributed by atoms with van der Waals surface area (Å²) in [6.45, 7) is 13.2. The topological polar surface area (TPSA) is 57.5 Å². The predicted molar refractivity (Wildman–Crippen MR) is 158 cm³/mol. The van der Waals surface area contributed by atoms with Crippen LogP contribution in [0.5, 0.6) is 0 Å². The first-order chi connectivity index (χ1) is 18.7. The van der Waals surface area contributed by atoms with Crippen LogP contribution in [0.15, 0.2) is 12.1 Å². The summed E-state index contributed by atoms with van der Waals surface area (Å²) in [5.41, 5.74) is 2.10. The number of aromatic nitrogens is 3. The van der Waals surface area contributed by atoms with Gasteiger partial charge in [-0.2, -0.15) is 0 Å². The highest BCUT2D eigenvalue weighted by molar-refractivity contribution is 5.78. The van der Waals surface area contributed by atoms with Gasteiger partial charge < -0.3 is 19.3 Å². The Bertz CT molecular complexity index is 974. The zero-order valence-electron chi connectivity index (χ0n) is 24.3. The maximum absolute atomic E-state index is 11.9. The number of unbranched alkanes of at least 4 members (excludes halogenated alkanes) is 4. The number of rotatable bonds is 17. The van der Waals surface area contributed by atoms with E-state index in [0.717, 1.165) is 94.7 Å². The molecule has 0 N–H and O–H groups in total. The number of amides is 1. The number of aryl methyl sites for hydroxylation is 2. The lowest BCUT2D eigenvalue weighted by Crippen LogP contribution is -2.31. The molecule has 4 heterocycles. The van der Waals surface area contributed by atoms with E-state index >= 15 is 0 Å². The second-order valence-electron chi connectivity index (χ2n) is 11.4.